The molecule has 0 amide bonds. The fraction of sp³-hybridized carbons (Fsp3) is 0.188. The molecule has 2 aliphatic rings. The molecule has 0 unspecified atom stereocenters. The van der Waals surface area contributed by atoms with Gasteiger partial charge < -0.3 is 9.47 Å². The van der Waals surface area contributed by atoms with E-state index in [1.54, 1.807) is 0 Å². The van der Waals surface area contributed by atoms with E-state index in [0.29, 0.717) is 6.79 Å². The summed E-state index contributed by atoms with van der Waals surface area (Å²) in [5.41, 5.74) is 3.50. The summed E-state index contributed by atoms with van der Waals surface area (Å²) in [6.07, 6.45) is 3.09. The number of rotatable bonds is 1. The van der Waals surface area contributed by atoms with Crippen LogP contribution in [0, 0.1) is 0 Å². The van der Waals surface area contributed by atoms with E-state index in [1.165, 1.54) is 11.1 Å². The summed E-state index contributed by atoms with van der Waals surface area (Å²) in [4.78, 5) is 0. The second-order valence-electron chi connectivity index (χ2n) is 4.93. The van der Waals surface area contributed by atoms with Gasteiger partial charge in [-0.15, -0.1) is 0 Å². The van der Waals surface area contributed by atoms with Gasteiger partial charge in [-0.1, -0.05) is 23.7 Å². The molecule has 0 saturated carbocycles. The van der Waals surface area contributed by atoms with E-state index < -0.39 is 0 Å². The molecule has 0 radical (unpaired) electrons. The van der Waals surface area contributed by atoms with E-state index in [4.69, 9.17) is 21.1 Å². The number of ether oxygens (including phenoxy) is 2. The van der Waals surface area contributed by atoms with Crippen LogP contribution in [-0.2, 0) is 6.42 Å². The summed E-state index contributed by atoms with van der Waals surface area (Å²) in [7, 11) is 0. The molecule has 2 heterocycles. The van der Waals surface area contributed by atoms with Crippen LogP contribution in [0.15, 0.2) is 36.4 Å². The lowest BCUT2D eigenvalue weighted by Crippen LogP contribution is -2.18. The largest absolute Gasteiger partial charge is 0.454 e. The summed E-state index contributed by atoms with van der Waals surface area (Å²) < 4.78 is 13.1. The highest BCUT2D eigenvalue weighted by Gasteiger charge is 2.24. The van der Waals surface area contributed by atoms with Crippen LogP contribution < -0.4 is 9.47 Å². The first-order valence-corrected chi connectivity index (χ1v) is 6.97. The topological polar surface area (TPSA) is 21.5 Å². The van der Waals surface area contributed by atoms with Crippen molar-refractivity contribution in [3.05, 3.63) is 52.5 Å². The molecule has 20 heavy (non-hydrogen) atoms. The number of fused-ring (bicyclic) bond motifs is 2. The van der Waals surface area contributed by atoms with Gasteiger partial charge >= 0.3 is 0 Å². The van der Waals surface area contributed by atoms with Gasteiger partial charge in [0.05, 0.1) is 0 Å². The number of hydrogen-bond acceptors (Lipinski definition) is 2. The van der Waals surface area contributed by atoms with E-state index in [-0.39, 0.29) is 0 Å². The van der Waals surface area contributed by atoms with Crippen LogP contribution in [0.5, 0.6) is 11.5 Å². The predicted octanol–water partition coefficient (Wildman–Crippen LogP) is 3.39. The zero-order valence-electron chi connectivity index (χ0n) is 10.8. The van der Waals surface area contributed by atoms with Crippen LogP contribution >= 0.6 is 11.6 Å². The first-order valence-electron chi connectivity index (χ1n) is 6.60. The van der Waals surface area contributed by atoms with Crippen molar-refractivity contribution >= 4 is 23.5 Å². The van der Waals surface area contributed by atoms with E-state index >= 15 is 0 Å². The van der Waals surface area contributed by atoms with E-state index in [2.05, 4.69) is 16.9 Å². The minimum Gasteiger partial charge on any atom is -0.454 e. The normalized spacial score (nSPS) is 15.8. The first kappa shape index (κ1) is 11.8. The minimum atomic E-state index is 0.312. The Hall–Kier alpha value is -2.00. The smallest absolute Gasteiger partial charge is 0.231 e. The maximum Gasteiger partial charge on any atom is 0.231 e. The van der Waals surface area contributed by atoms with Crippen LogP contribution in [0.1, 0.15) is 11.1 Å². The van der Waals surface area contributed by atoms with Crippen molar-refractivity contribution in [2.24, 2.45) is 0 Å². The number of benzene rings is 2. The van der Waals surface area contributed by atoms with Gasteiger partial charge in [0.15, 0.2) is 24.3 Å². The summed E-state index contributed by atoms with van der Waals surface area (Å²) in [6.45, 7) is 1.23. The number of halogens is 1. The van der Waals surface area contributed by atoms with E-state index in [9.17, 15) is 0 Å². The molecule has 100 valence electrons. The summed E-state index contributed by atoms with van der Waals surface area (Å²) >= 11 is 6.27. The van der Waals surface area contributed by atoms with Crippen LogP contribution in [0.3, 0.4) is 0 Å². The predicted molar refractivity (Wildman–Crippen MR) is 77.7 cm³/mol. The standard InChI is InChI=1S/C16H13ClNO2/c17-13-3-1-2-4-14(13)18-6-5-11-7-15-16(20-10-19-15)8-12(11)9-18/h1-4,7-9H,5-6,10H2/q+1. The third-order valence-corrected chi connectivity index (χ3v) is 4.03. The number of nitrogens with zero attached hydrogens (tertiary/aromatic N) is 1. The van der Waals surface area contributed by atoms with Crippen LogP contribution in [0.4, 0.5) is 5.69 Å². The Balaban J connectivity index is 1.80. The van der Waals surface area contributed by atoms with Gasteiger partial charge in [0.25, 0.3) is 0 Å². The molecule has 0 fully saturated rings. The molecule has 2 aliphatic heterocycles. The van der Waals surface area contributed by atoms with Crippen molar-refractivity contribution in [3.8, 4) is 11.5 Å². The lowest BCUT2D eigenvalue weighted by Gasteiger charge is -2.13. The lowest BCUT2D eigenvalue weighted by atomic mass is 10.0. The van der Waals surface area contributed by atoms with Gasteiger partial charge in [-0.2, -0.15) is 4.58 Å². The Morgan fingerprint density at radius 2 is 1.85 bits per heavy atom. The highest BCUT2D eigenvalue weighted by molar-refractivity contribution is 6.32. The summed E-state index contributed by atoms with van der Waals surface area (Å²) in [5, 5.41) is 0.771. The van der Waals surface area contributed by atoms with Crippen molar-refractivity contribution < 1.29 is 14.0 Å². The van der Waals surface area contributed by atoms with Crippen molar-refractivity contribution in [1.29, 1.82) is 0 Å². The molecule has 2 aromatic rings. The first-order chi connectivity index (χ1) is 9.81. The lowest BCUT2D eigenvalue weighted by molar-refractivity contribution is -0.436. The summed E-state index contributed by atoms with van der Waals surface area (Å²) in [5.74, 6) is 1.67. The molecule has 0 bridgehead atoms. The Kier molecular flexibility index (Phi) is 2.67. The molecule has 3 nitrogen and oxygen atoms in total. The fourth-order valence-electron chi connectivity index (χ4n) is 2.68. The van der Waals surface area contributed by atoms with Crippen molar-refractivity contribution in [3.63, 3.8) is 0 Å². The molecule has 4 rings (SSSR count). The molecular weight excluding hydrogens is 274 g/mol. The van der Waals surface area contributed by atoms with Crippen LogP contribution in [-0.4, -0.2) is 24.1 Å². The zero-order chi connectivity index (χ0) is 13.5. The van der Waals surface area contributed by atoms with Gasteiger partial charge in [-0.25, -0.2) is 0 Å². The number of hydrogen-bond donors (Lipinski definition) is 0. The molecule has 0 spiro atoms. The minimum absolute atomic E-state index is 0.312. The highest BCUT2D eigenvalue weighted by atomic mass is 35.5. The average molecular weight is 287 g/mol. The van der Waals surface area contributed by atoms with Gasteiger partial charge in [-0.3, -0.25) is 0 Å². The molecule has 0 aromatic heterocycles. The Morgan fingerprint density at radius 3 is 2.70 bits per heavy atom. The maximum atomic E-state index is 6.27. The molecular formula is C16H13ClNO2+. The third-order valence-electron chi connectivity index (χ3n) is 3.71. The second kappa shape index (κ2) is 4.53. The van der Waals surface area contributed by atoms with Crippen molar-refractivity contribution in [1.82, 2.24) is 0 Å². The maximum absolute atomic E-state index is 6.27. The van der Waals surface area contributed by atoms with Crippen LogP contribution in [0.25, 0.3) is 0 Å². The monoisotopic (exact) mass is 286 g/mol. The molecule has 4 heteroatoms. The molecule has 2 aromatic carbocycles. The Labute approximate surface area is 122 Å². The van der Waals surface area contributed by atoms with E-state index in [1.807, 2.05) is 30.3 Å². The summed E-state index contributed by atoms with van der Waals surface area (Å²) in [6, 6.07) is 12.0. The molecule has 0 atom stereocenters. The van der Waals surface area contributed by atoms with Crippen molar-refractivity contribution in [2.75, 3.05) is 13.3 Å². The average Bonchev–Trinajstić information content (AvgIpc) is 2.92. The molecule has 0 aliphatic carbocycles. The van der Waals surface area contributed by atoms with Gasteiger partial charge in [0.1, 0.15) is 5.02 Å². The van der Waals surface area contributed by atoms with E-state index in [0.717, 1.165) is 35.2 Å². The number of para-hydroxylation sites is 1. The van der Waals surface area contributed by atoms with Gasteiger partial charge in [0.2, 0.25) is 12.5 Å². The van der Waals surface area contributed by atoms with Gasteiger partial charge in [-0.05, 0) is 23.8 Å². The SMILES string of the molecule is Clc1ccccc1[N+]1=Cc2cc3c(cc2CC1)OCO3. The van der Waals surface area contributed by atoms with Crippen LogP contribution in [0.2, 0.25) is 5.02 Å². The molecule has 0 saturated heterocycles. The molecule has 0 N–H and O–H groups in total. The van der Waals surface area contributed by atoms with Gasteiger partial charge in [0, 0.05) is 18.1 Å². The Morgan fingerprint density at radius 1 is 1.05 bits per heavy atom. The highest BCUT2D eigenvalue weighted by Crippen LogP contribution is 2.36. The third kappa shape index (κ3) is 1.86. The quantitative estimate of drug-likeness (QED) is 0.750. The van der Waals surface area contributed by atoms with Crippen molar-refractivity contribution in [2.45, 2.75) is 6.42 Å². The zero-order valence-corrected chi connectivity index (χ0v) is 11.6. The Bertz CT molecular complexity index is 724. The second-order valence-corrected chi connectivity index (χ2v) is 5.34. The fourth-order valence-corrected chi connectivity index (χ4v) is 2.93.